The molecule has 0 bridgehead atoms. The van der Waals surface area contributed by atoms with E-state index in [9.17, 15) is 24.3 Å². The Labute approximate surface area is 341 Å². The summed E-state index contributed by atoms with van der Waals surface area (Å²) < 4.78 is 13.1. The molecule has 4 unspecified atom stereocenters. The molecule has 4 heterocycles. The third kappa shape index (κ3) is 9.28. The van der Waals surface area contributed by atoms with Crippen molar-refractivity contribution in [1.82, 2.24) is 20.0 Å². The summed E-state index contributed by atoms with van der Waals surface area (Å²) in [6, 6.07) is -0.604. The third-order valence-electron chi connectivity index (χ3n) is 16.1. The van der Waals surface area contributed by atoms with Crippen molar-refractivity contribution >= 4 is 23.6 Å². The minimum absolute atomic E-state index is 0.0949. The number of aliphatic hydroxyl groups excluding tert-OH is 1. The van der Waals surface area contributed by atoms with Gasteiger partial charge in [0.05, 0.1) is 36.3 Å². The molecule has 0 aromatic heterocycles. The molecular formula is C46H72N4O7. The molecule has 1 spiro atoms. The van der Waals surface area contributed by atoms with Gasteiger partial charge in [-0.2, -0.15) is 0 Å². The third-order valence-corrected chi connectivity index (χ3v) is 16.1. The van der Waals surface area contributed by atoms with Crippen molar-refractivity contribution in [1.29, 1.82) is 0 Å². The summed E-state index contributed by atoms with van der Waals surface area (Å²) in [5.41, 5.74) is 3.54. The first-order chi connectivity index (χ1) is 27.7. The van der Waals surface area contributed by atoms with Gasteiger partial charge in [-0.3, -0.25) is 34.3 Å². The molecule has 318 valence electrons. The first-order valence-electron chi connectivity index (χ1n) is 23.6. The van der Waals surface area contributed by atoms with Crippen molar-refractivity contribution in [3.05, 3.63) is 11.1 Å². The fourth-order valence-electron chi connectivity index (χ4n) is 13.0. The van der Waals surface area contributed by atoms with Crippen LogP contribution in [0.25, 0.3) is 0 Å². The second-order valence-corrected chi connectivity index (χ2v) is 19.4. The maximum atomic E-state index is 13.5. The molecule has 0 radical (unpaired) electrons. The highest BCUT2D eigenvalue weighted by Crippen LogP contribution is 2.46. The number of nitrogens with one attached hydrogen (secondary N) is 1. The normalized spacial score (nSPS) is 36.6. The van der Waals surface area contributed by atoms with Gasteiger partial charge in [0.15, 0.2) is 0 Å². The van der Waals surface area contributed by atoms with Crippen LogP contribution in [0.2, 0.25) is 0 Å². The number of amides is 4. The molecule has 4 aliphatic carbocycles. The summed E-state index contributed by atoms with van der Waals surface area (Å²) in [5, 5.41) is 12.6. The quantitative estimate of drug-likeness (QED) is 0.149. The van der Waals surface area contributed by atoms with Crippen LogP contribution >= 0.6 is 0 Å². The van der Waals surface area contributed by atoms with Gasteiger partial charge in [0.25, 0.3) is 0 Å². The number of hydrogen-bond donors (Lipinski definition) is 2. The number of rotatable bonds is 11. The van der Waals surface area contributed by atoms with Crippen LogP contribution in [0.5, 0.6) is 0 Å². The van der Waals surface area contributed by atoms with E-state index >= 15 is 0 Å². The lowest BCUT2D eigenvalue weighted by Crippen LogP contribution is -2.58. The van der Waals surface area contributed by atoms with E-state index in [1.165, 1.54) is 81.9 Å². The summed E-state index contributed by atoms with van der Waals surface area (Å²) in [4.78, 5) is 57.4. The van der Waals surface area contributed by atoms with Gasteiger partial charge in [-0.05, 0) is 133 Å². The summed E-state index contributed by atoms with van der Waals surface area (Å²) in [6.45, 7) is 8.83. The van der Waals surface area contributed by atoms with Crippen molar-refractivity contribution in [2.24, 2.45) is 29.6 Å². The monoisotopic (exact) mass is 793 g/mol. The number of fused-ring (bicyclic) bond motifs is 1. The molecular weight excluding hydrogens is 721 g/mol. The van der Waals surface area contributed by atoms with Crippen molar-refractivity contribution in [2.75, 3.05) is 45.9 Å². The van der Waals surface area contributed by atoms with Gasteiger partial charge in [0, 0.05) is 51.8 Å². The van der Waals surface area contributed by atoms with Gasteiger partial charge in [0.2, 0.25) is 23.6 Å². The molecule has 8 rings (SSSR count). The van der Waals surface area contributed by atoms with Crippen molar-refractivity contribution in [3.63, 3.8) is 0 Å². The predicted molar refractivity (Wildman–Crippen MR) is 217 cm³/mol. The number of imide groups is 2. The fourth-order valence-corrected chi connectivity index (χ4v) is 13.0. The molecule has 4 saturated carbocycles. The van der Waals surface area contributed by atoms with Gasteiger partial charge in [0.1, 0.15) is 6.04 Å². The Kier molecular flexibility index (Phi) is 13.6. The number of carbonyl (C=O) groups excluding carboxylic acids is 4. The molecule has 8 fully saturated rings. The summed E-state index contributed by atoms with van der Waals surface area (Å²) in [7, 11) is 0. The van der Waals surface area contributed by atoms with Crippen LogP contribution in [0.3, 0.4) is 0 Å². The molecule has 4 atom stereocenters. The van der Waals surface area contributed by atoms with Crippen LogP contribution < -0.4 is 5.32 Å². The Morgan fingerprint density at radius 3 is 2.21 bits per heavy atom. The largest absolute Gasteiger partial charge is 0.393 e. The number of hydrogen-bond acceptors (Lipinski definition) is 9. The van der Waals surface area contributed by atoms with Gasteiger partial charge in [-0.1, -0.05) is 37.3 Å². The lowest BCUT2D eigenvalue weighted by atomic mass is 9.68. The molecule has 8 aliphatic rings. The van der Waals surface area contributed by atoms with E-state index in [4.69, 9.17) is 9.47 Å². The lowest BCUT2D eigenvalue weighted by molar-refractivity contribution is -0.151. The molecule has 4 saturated heterocycles. The zero-order chi connectivity index (χ0) is 39.5. The summed E-state index contributed by atoms with van der Waals surface area (Å²) in [6.07, 6.45) is 23.2. The van der Waals surface area contributed by atoms with E-state index < -0.39 is 11.9 Å². The smallest absolute Gasteiger partial charge is 0.249 e. The topological polar surface area (TPSA) is 129 Å². The molecule has 57 heavy (non-hydrogen) atoms. The van der Waals surface area contributed by atoms with Gasteiger partial charge in [-0.15, -0.1) is 0 Å². The van der Waals surface area contributed by atoms with E-state index in [1.54, 1.807) is 0 Å². The molecule has 11 heteroatoms. The number of nitrogens with zero attached hydrogens (tertiary/aromatic N) is 3. The average molecular weight is 793 g/mol. The first kappa shape index (κ1) is 41.5. The number of morpholine rings is 1. The second-order valence-electron chi connectivity index (χ2n) is 19.4. The maximum Gasteiger partial charge on any atom is 0.249 e. The highest BCUT2D eigenvalue weighted by Gasteiger charge is 2.55. The van der Waals surface area contributed by atoms with Crippen LogP contribution in [0.15, 0.2) is 11.1 Å². The Bertz CT molecular complexity index is 1470. The molecule has 0 aromatic carbocycles. The van der Waals surface area contributed by atoms with E-state index in [2.05, 4.69) is 22.0 Å². The lowest BCUT2D eigenvalue weighted by Gasteiger charge is -2.49. The first-order valence-corrected chi connectivity index (χ1v) is 23.6. The fraction of sp³-hybridized carbons (Fsp3) is 0.870. The van der Waals surface area contributed by atoms with Crippen LogP contribution in [0, 0.1) is 29.6 Å². The van der Waals surface area contributed by atoms with Crippen LogP contribution in [-0.2, 0) is 28.7 Å². The summed E-state index contributed by atoms with van der Waals surface area (Å²) >= 11 is 0. The molecule has 2 N–H and O–H groups in total. The van der Waals surface area contributed by atoms with Crippen LogP contribution in [-0.4, -0.2) is 119 Å². The van der Waals surface area contributed by atoms with Crippen molar-refractivity contribution in [3.8, 4) is 0 Å². The Hall–Kier alpha value is -2.18. The standard InChI is InChI=1S/C46H72N4O7/c1-2-37(31-7-4-3-5-8-31)42(32-9-14-35(51)15-10-32)33-11-16-36(17-12-33)56-27-6-23-48-26-28-57-46(30-48)21-24-49(25-22-46)34-13-18-38-39(29-34)45(55)50(44(38)54)40-19-20-41(52)47-43(40)53/h31-36,38-40,51H,2-30H2,1H3,(H,47,52,53)/b42-37-. The number of carbonyl (C=O) groups is 4. The number of aliphatic hydroxyl groups is 1. The Morgan fingerprint density at radius 2 is 1.51 bits per heavy atom. The number of likely N-dealkylation sites (tertiary alicyclic amines) is 2. The van der Waals surface area contributed by atoms with Gasteiger partial charge in [-0.25, -0.2) is 0 Å². The highest BCUT2D eigenvalue weighted by molar-refractivity contribution is 6.10. The number of ether oxygens (including phenoxy) is 2. The predicted octanol–water partition coefficient (Wildman–Crippen LogP) is 5.92. The highest BCUT2D eigenvalue weighted by atomic mass is 16.5. The van der Waals surface area contributed by atoms with E-state index in [1.807, 2.05) is 11.1 Å². The zero-order valence-corrected chi connectivity index (χ0v) is 34.9. The SMILES string of the molecule is CC/C(=C(\C1CCC(O)CC1)C1CCC(OCCCN2CCOC3(CCN(C4CCC5C(=O)N(C6CCC(=O)NC6=O)C(=O)C5C4)CC3)C2)CC1)C1CCCCC1. The van der Waals surface area contributed by atoms with E-state index in [0.29, 0.717) is 30.8 Å². The van der Waals surface area contributed by atoms with Crippen LogP contribution in [0.1, 0.15) is 148 Å². The molecule has 11 nitrogen and oxygen atoms in total. The second kappa shape index (κ2) is 18.6. The Balaban J connectivity index is 0.767. The van der Waals surface area contributed by atoms with Gasteiger partial charge >= 0.3 is 0 Å². The van der Waals surface area contributed by atoms with Crippen LogP contribution in [0.4, 0.5) is 0 Å². The summed E-state index contributed by atoms with van der Waals surface area (Å²) in [5.74, 6) is 0.158. The Morgan fingerprint density at radius 1 is 0.807 bits per heavy atom. The molecule has 4 amide bonds. The molecule has 0 aromatic rings. The maximum absolute atomic E-state index is 13.5. The van der Waals surface area contributed by atoms with Gasteiger partial charge < -0.3 is 19.5 Å². The van der Waals surface area contributed by atoms with E-state index in [-0.39, 0.29) is 60.1 Å². The minimum Gasteiger partial charge on any atom is -0.393 e. The minimum atomic E-state index is -0.858. The van der Waals surface area contributed by atoms with Crippen molar-refractivity contribution < 1.29 is 33.8 Å². The molecule has 4 aliphatic heterocycles. The number of allylic oxidation sites excluding steroid dienone is 2. The zero-order valence-electron chi connectivity index (χ0n) is 34.9. The average Bonchev–Trinajstić information content (AvgIpc) is 3.48. The van der Waals surface area contributed by atoms with Crippen molar-refractivity contribution in [2.45, 2.75) is 178 Å². The van der Waals surface area contributed by atoms with E-state index in [0.717, 1.165) is 90.4 Å². The number of piperidine rings is 2.